The van der Waals surface area contributed by atoms with Crippen LogP contribution in [-0.2, 0) is 4.79 Å². The topological polar surface area (TPSA) is 84.2 Å². The van der Waals surface area contributed by atoms with Crippen LogP contribution < -0.4 is 16.4 Å². The number of nitrogens with two attached hydrogens (primary N) is 1. The van der Waals surface area contributed by atoms with Crippen molar-refractivity contribution < 1.29 is 9.59 Å². The quantitative estimate of drug-likeness (QED) is 0.593. The zero-order valence-corrected chi connectivity index (χ0v) is 15.7. The van der Waals surface area contributed by atoms with Crippen LogP contribution in [0.2, 0.25) is 0 Å². The number of anilines is 1. The molecule has 0 atom stereocenters. The Balaban J connectivity index is 0.00000529. The molecule has 0 spiro atoms. The minimum absolute atomic E-state index is 0. The van der Waals surface area contributed by atoms with Crippen molar-refractivity contribution in [3.05, 3.63) is 29.3 Å². The predicted octanol–water partition coefficient (Wildman–Crippen LogP) is 3.40. The summed E-state index contributed by atoms with van der Waals surface area (Å²) < 4.78 is 0. The fourth-order valence-corrected chi connectivity index (χ4v) is 2.29. The van der Waals surface area contributed by atoms with Crippen molar-refractivity contribution in [1.29, 1.82) is 0 Å². The zero-order chi connectivity index (χ0) is 17.2. The van der Waals surface area contributed by atoms with Crippen LogP contribution in [0.4, 0.5) is 5.69 Å². The number of rotatable bonds is 9. The van der Waals surface area contributed by atoms with Gasteiger partial charge in [-0.25, -0.2) is 0 Å². The first-order valence-corrected chi connectivity index (χ1v) is 8.35. The molecule has 4 N–H and O–H groups in total. The summed E-state index contributed by atoms with van der Waals surface area (Å²) in [6.07, 6.45) is 4.44. The maximum absolute atomic E-state index is 12.2. The third-order valence-electron chi connectivity index (χ3n) is 3.54. The van der Waals surface area contributed by atoms with E-state index in [9.17, 15) is 9.59 Å². The highest BCUT2D eigenvalue weighted by atomic mass is 35.5. The number of carbonyl (C=O) groups is 2. The van der Waals surface area contributed by atoms with Gasteiger partial charge >= 0.3 is 0 Å². The Morgan fingerprint density at radius 1 is 1.12 bits per heavy atom. The number of hydrogen-bond donors (Lipinski definition) is 3. The van der Waals surface area contributed by atoms with Gasteiger partial charge in [0, 0.05) is 23.7 Å². The van der Waals surface area contributed by atoms with Crippen LogP contribution in [0.15, 0.2) is 18.2 Å². The van der Waals surface area contributed by atoms with E-state index in [-0.39, 0.29) is 30.3 Å². The molecular weight excluding hydrogens is 326 g/mol. The SMILES string of the molecule is Cc1ccc(NC(=O)CCCCCCN)cc1C(=O)NC(C)C.Cl. The maximum atomic E-state index is 12.2. The Labute approximate surface area is 151 Å². The smallest absolute Gasteiger partial charge is 0.251 e. The van der Waals surface area contributed by atoms with Gasteiger partial charge in [-0.3, -0.25) is 9.59 Å². The van der Waals surface area contributed by atoms with E-state index in [1.807, 2.05) is 32.9 Å². The van der Waals surface area contributed by atoms with Gasteiger partial charge in [0.1, 0.15) is 0 Å². The molecular formula is C18H30ClN3O2. The summed E-state index contributed by atoms with van der Waals surface area (Å²) in [4.78, 5) is 24.1. The van der Waals surface area contributed by atoms with Gasteiger partial charge in [0.15, 0.2) is 0 Å². The van der Waals surface area contributed by atoms with Crippen LogP contribution in [0.25, 0.3) is 0 Å². The molecule has 1 aromatic carbocycles. The summed E-state index contributed by atoms with van der Waals surface area (Å²) in [5.41, 5.74) is 7.59. The Morgan fingerprint density at radius 2 is 1.79 bits per heavy atom. The number of hydrogen-bond acceptors (Lipinski definition) is 3. The lowest BCUT2D eigenvalue weighted by molar-refractivity contribution is -0.116. The lowest BCUT2D eigenvalue weighted by atomic mass is 10.1. The molecule has 0 aromatic heterocycles. The van der Waals surface area contributed by atoms with E-state index in [2.05, 4.69) is 10.6 Å². The van der Waals surface area contributed by atoms with Crippen LogP contribution in [0, 0.1) is 6.92 Å². The molecule has 0 heterocycles. The van der Waals surface area contributed by atoms with Crippen molar-refractivity contribution in [3.8, 4) is 0 Å². The molecule has 0 saturated carbocycles. The normalized spacial score (nSPS) is 10.2. The van der Waals surface area contributed by atoms with Gasteiger partial charge in [-0.2, -0.15) is 0 Å². The molecule has 1 rings (SSSR count). The van der Waals surface area contributed by atoms with E-state index in [1.165, 1.54) is 0 Å². The molecule has 2 amide bonds. The molecule has 0 unspecified atom stereocenters. The maximum Gasteiger partial charge on any atom is 0.251 e. The first-order chi connectivity index (χ1) is 10.9. The van der Waals surface area contributed by atoms with Gasteiger partial charge in [-0.1, -0.05) is 18.9 Å². The highest BCUT2D eigenvalue weighted by Crippen LogP contribution is 2.16. The number of nitrogens with one attached hydrogen (secondary N) is 2. The summed E-state index contributed by atoms with van der Waals surface area (Å²) >= 11 is 0. The minimum Gasteiger partial charge on any atom is -0.350 e. The molecule has 24 heavy (non-hydrogen) atoms. The minimum atomic E-state index is -0.115. The fourth-order valence-electron chi connectivity index (χ4n) is 2.29. The molecule has 0 bridgehead atoms. The first kappa shape index (κ1) is 22.4. The van der Waals surface area contributed by atoms with Crippen molar-refractivity contribution in [2.75, 3.05) is 11.9 Å². The van der Waals surface area contributed by atoms with E-state index in [4.69, 9.17) is 5.73 Å². The van der Waals surface area contributed by atoms with E-state index in [0.29, 0.717) is 24.2 Å². The number of unbranched alkanes of at least 4 members (excludes halogenated alkanes) is 3. The van der Waals surface area contributed by atoms with E-state index >= 15 is 0 Å². The number of aryl methyl sites for hydroxylation is 1. The van der Waals surface area contributed by atoms with Crippen molar-refractivity contribution in [1.82, 2.24) is 5.32 Å². The average Bonchev–Trinajstić information content (AvgIpc) is 2.48. The number of amides is 2. The average molecular weight is 356 g/mol. The second-order valence-electron chi connectivity index (χ2n) is 6.16. The van der Waals surface area contributed by atoms with Gasteiger partial charge in [0.05, 0.1) is 0 Å². The van der Waals surface area contributed by atoms with Crippen molar-refractivity contribution in [2.45, 2.75) is 58.9 Å². The van der Waals surface area contributed by atoms with Gasteiger partial charge < -0.3 is 16.4 Å². The second kappa shape index (κ2) is 11.9. The van der Waals surface area contributed by atoms with Crippen LogP contribution in [-0.4, -0.2) is 24.4 Å². The summed E-state index contributed by atoms with van der Waals surface area (Å²) in [5.74, 6) is -0.132. The van der Waals surface area contributed by atoms with Crippen molar-refractivity contribution in [3.63, 3.8) is 0 Å². The van der Waals surface area contributed by atoms with Gasteiger partial charge in [0.25, 0.3) is 5.91 Å². The van der Waals surface area contributed by atoms with Gasteiger partial charge in [-0.15, -0.1) is 12.4 Å². The van der Waals surface area contributed by atoms with E-state index < -0.39 is 0 Å². The second-order valence-corrected chi connectivity index (χ2v) is 6.16. The lowest BCUT2D eigenvalue weighted by Crippen LogP contribution is -2.30. The summed E-state index contributed by atoms with van der Waals surface area (Å²) in [7, 11) is 0. The Hall–Kier alpha value is -1.59. The highest BCUT2D eigenvalue weighted by molar-refractivity contribution is 5.98. The Kier molecular flexibility index (Phi) is 11.1. The summed E-state index contributed by atoms with van der Waals surface area (Å²) in [6.45, 7) is 6.43. The highest BCUT2D eigenvalue weighted by Gasteiger charge is 2.12. The number of carbonyl (C=O) groups excluding carboxylic acids is 2. The summed E-state index contributed by atoms with van der Waals surface area (Å²) in [5, 5.41) is 5.74. The molecule has 5 nitrogen and oxygen atoms in total. The van der Waals surface area contributed by atoms with Crippen LogP contribution in [0.5, 0.6) is 0 Å². The standard InChI is InChI=1S/C18H29N3O2.ClH/c1-13(2)20-18(23)16-12-15(10-9-14(16)3)21-17(22)8-6-4-5-7-11-19;/h9-10,12-13H,4-8,11,19H2,1-3H3,(H,20,23)(H,21,22);1H. The molecule has 0 aliphatic carbocycles. The first-order valence-electron chi connectivity index (χ1n) is 8.35. The monoisotopic (exact) mass is 355 g/mol. The van der Waals surface area contributed by atoms with E-state index in [0.717, 1.165) is 31.2 Å². The van der Waals surface area contributed by atoms with Crippen molar-refractivity contribution in [2.24, 2.45) is 5.73 Å². The largest absolute Gasteiger partial charge is 0.350 e. The number of benzene rings is 1. The van der Waals surface area contributed by atoms with E-state index in [1.54, 1.807) is 6.07 Å². The Bertz CT molecular complexity index is 533. The molecule has 1 aromatic rings. The van der Waals surface area contributed by atoms with Crippen LogP contribution in [0.3, 0.4) is 0 Å². The fraction of sp³-hybridized carbons (Fsp3) is 0.556. The Morgan fingerprint density at radius 3 is 2.42 bits per heavy atom. The van der Waals surface area contributed by atoms with Gasteiger partial charge in [0.2, 0.25) is 5.91 Å². The third-order valence-corrected chi connectivity index (χ3v) is 3.54. The molecule has 136 valence electrons. The van der Waals surface area contributed by atoms with Crippen molar-refractivity contribution >= 4 is 29.9 Å². The lowest BCUT2D eigenvalue weighted by Gasteiger charge is -2.12. The molecule has 0 aliphatic heterocycles. The van der Waals surface area contributed by atoms with Crippen LogP contribution in [0.1, 0.15) is 61.9 Å². The molecule has 0 aliphatic rings. The predicted molar refractivity (Wildman–Crippen MR) is 102 cm³/mol. The summed E-state index contributed by atoms with van der Waals surface area (Å²) in [6, 6.07) is 5.49. The molecule has 0 fully saturated rings. The number of halogens is 1. The zero-order valence-electron chi connectivity index (χ0n) is 14.9. The van der Waals surface area contributed by atoms with Gasteiger partial charge in [-0.05, 0) is 57.9 Å². The molecule has 0 radical (unpaired) electrons. The molecule has 0 saturated heterocycles. The molecule has 6 heteroatoms. The van der Waals surface area contributed by atoms with Crippen LogP contribution >= 0.6 is 12.4 Å². The third kappa shape index (κ3) is 8.31.